The summed E-state index contributed by atoms with van der Waals surface area (Å²) in [5.74, 6) is -0.392. The van der Waals surface area contributed by atoms with E-state index in [0.29, 0.717) is 22.6 Å². The number of aromatic nitrogens is 1. The molecule has 0 radical (unpaired) electrons. The van der Waals surface area contributed by atoms with E-state index in [1.807, 2.05) is 24.4 Å². The highest BCUT2D eigenvalue weighted by atomic mass is 32.1. The molecule has 142 valence electrons. The molecule has 0 atom stereocenters. The Morgan fingerprint density at radius 3 is 2.79 bits per heavy atom. The fourth-order valence-corrected chi connectivity index (χ4v) is 3.71. The van der Waals surface area contributed by atoms with E-state index >= 15 is 0 Å². The van der Waals surface area contributed by atoms with Crippen LogP contribution in [0.5, 0.6) is 5.75 Å². The van der Waals surface area contributed by atoms with Gasteiger partial charge in [-0.1, -0.05) is 0 Å². The zero-order valence-electron chi connectivity index (χ0n) is 15.4. The third-order valence-electron chi connectivity index (χ3n) is 4.60. The highest BCUT2D eigenvalue weighted by Crippen LogP contribution is 2.36. The number of ether oxygens (including phenoxy) is 1. The number of hydrogen-bond donors (Lipinski definition) is 0. The van der Waals surface area contributed by atoms with Gasteiger partial charge in [0.15, 0.2) is 12.4 Å². The van der Waals surface area contributed by atoms with Gasteiger partial charge in [0, 0.05) is 16.5 Å². The number of carbonyl (C=O) groups excluding carboxylic acids is 2. The highest BCUT2D eigenvalue weighted by molar-refractivity contribution is 7.09. The molecule has 0 saturated heterocycles. The number of benzene rings is 2. The number of carbonyl (C=O) groups is 2. The lowest BCUT2D eigenvalue weighted by atomic mass is 10.1. The Morgan fingerprint density at radius 1 is 1.25 bits per heavy atom. The zero-order chi connectivity index (χ0) is 19.8. The summed E-state index contributed by atoms with van der Waals surface area (Å²) in [6, 6.07) is 9.67. The Hall–Kier alpha value is -3.06. The van der Waals surface area contributed by atoms with Crippen LogP contribution >= 0.6 is 11.3 Å². The molecule has 1 aliphatic heterocycles. The van der Waals surface area contributed by atoms with Crippen molar-refractivity contribution in [3.8, 4) is 17.0 Å². The average Bonchev–Trinajstić information content (AvgIpc) is 3.12. The second-order valence-corrected chi connectivity index (χ2v) is 7.65. The summed E-state index contributed by atoms with van der Waals surface area (Å²) in [6.07, 6.45) is 0. The molecule has 3 aromatic rings. The average molecular weight is 396 g/mol. The Kier molecular flexibility index (Phi) is 4.68. The molecule has 0 fully saturated rings. The van der Waals surface area contributed by atoms with E-state index in [1.165, 1.54) is 23.1 Å². The molecule has 1 aliphatic rings. The number of thiazole rings is 1. The number of aryl methyl sites for hydroxylation is 2. The first-order valence-corrected chi connectivity index (χ1v) is 9.59. The summed E-state index contributed by atoms with van der Waals surface area (Å²) in [4.78, 5) is 31.1. The molecule has 1 amide bonds. The largest absolute Gasteiger partial charge is 0.482 e. The van der Waals surface area contributed by atoms with Crippen LogP contribution in [0.3, 0.4) is 0 Å². The van der Waals surface area contributed by atoms with Crippen molar-refractivity contribution in [3.63, 3.8) is 0 Å². The maximum absolute atomic E-state index is 13.5. The fraction of sp³-hybridized carbons (Fsp3) is 0.190. The molecule has 2 heterocycles. The predicted octanol–water partition coefficient (Wildman–Crippen LogP) is 4.17. The minimum absolute atomic E-state index is 0.127. The minimum atomic E-state index is -0.368. The molecular weight excluding hydrogens is 379 g/mol. The van der Waals surface area contributed by atoms with Gasteiger partial charge in [0.05, 0.1) is 22.9 Å². The summed E-state index contributed by atoms with van der Waals surface area (Å²) in [5, 5.41) is 2.89. The van der Waals surface area contributed by atoms with E-state index in [4.69, 9.17) is 4.74 Å². The molecule has 0 saturated carbocycles. The maximum atomic E-state index is 13.5. The van der Waals surface area contributed by atoms with E-state index < -0.39 is 0 Å². The van der Waals surface area contributed by atoms with Crippen molar-refractivity contribution >= 4 is 28.7 Å². The van der Waals surface area contributed by atoms with Gasteiger partial charge >= 0.3 is 0 Å². The third kappa shape index (κ3) is 3.41. The van der Waals surface area contributed by atoms with Crippen molar-refractivity contribution < 1.29 is 18.7 Å². The SMILES string of the molecule is Cc1nc(-c2ccc3c(c2)N(CC(=O)c2ccc(F)c(C)c2)C(=O)CO3)cs1. The summed E-state index contributed by atoms with van der Waals surface area (Å²) in [7, 11) is 0. The van der Waals surface area contributed by atoms with Crippen LogP contribution in [0.15, 0.2) is 41.8 Å². The second-order valence-electron chi connectivity index (χ2n) is 6.59. The number of nitrogens with zero attached hydrogens (tertiary/aromatic N) is 2. The summed E-state index contributed by atoms with van der Waals surface area (Å²) in [5.41, 5.74) is 2.94. The first kappa shape index (κ1) is 18.3. The second kappa shape index (κ2) is 7.16. The molecular formula is C21H17FN2O3S. The first-order chi connectivity index (χ1) is 13.4. The van der Waals surface area contributed by atoms with Crippen LogP contribution in [-0.2, 0) is 4.79 Å². The first-order valence-electron chi connectivity index (χ1n) is 8.71. The van der Waals surface area contributed by atoms with Crippen molar-refractivity contribution in [2.75, 3.05) is 18.1 Å². The summed E-state index contributed by atoms with van der Waals surface area (Å²) < 4.78 is 19.0. The lowest BCUT2D eigenvalue weighted by Gasteiger charge is -2.29. The number of Topliss-reactive ketones (excluding diaryl/α,β-unsaturated/α-hetero) is 1. The monoisotopic (exact) mass is 396 g/mol. The predicted molar refractivity (Wildman–Crippen MR) is 106 cm³/mol. The topological polar surface area (TPSA) is 59.5 Å². The van der Waals surface area contributed by atoms with Gasteiger partial charge in [-0.2, -0.15) is 0 Å². The lowest BCUT2D eigenvalue weighted by molar-refractivity contribution is -0.121. The quantitative estimate of drug-likeness (QED) is 0.621. The number of anilines is 1. The number of amides is 1. The summed E-state index contributed by atoms with van der Waals surface area (Å²) >= 11 is 1.54. The Balaban J connectivity index is 1.67. The van der Waals surface area contributed by atoms with Gasteiger partial charge in [-0.25, -0.2) is 9.37 Å². The van der Waals surface area contributed by atoms with Gasteiger partial charge in [0.1, 0.15) is 11.6 Å². The number of rotatable bonds is 4. The van der Waals surface area contributed by atoms with E-state index in [9.17, 15) is 14.0 Å². The van der Waals surface area contributed by atoms with Crippen LogP contribution in [-0.4, -0.2) is 29.8 Å². The molecule has 4 rings (SSSR count). The van der Waals surface area contributed by atoms with Crippen LogP contribution in [0.4, 0.5) is 10.1 Å². The molecule has 1 aromatic heterocycles. The maximum Gasteiger partial charge on any atom is 0.265 e. The van der Waals surface area contributed by atoms with E-state index in [-0.39, 0.29) is 30.7 Å². The molecule has 0 aliphatic carbocycles. The Bertz CT molecular complexity index is 1090. The molecule has 0 spiro atoms. The van der Waals surface area contributed by atoms with Gasteiger partial charge in [0.25, 0.3) is 5.91 Å². The smallest absolute Gasteiger partial charge is 0.265 e. The highest BCUT2D eigenvalue weighted by Gasteiger charge is 2.28. The summed E-state index contributed by atoms with van der Waals surface area (Å²) in [6.45, 7) is 3.26. The van der Waals surface area contributed by atoms with Crippen molar-refractivity contribution in [1.29, 1.82) is 0 Å². The number of fused-ring (bicyclic) bond motifs is 1. The molecule has 7 heteroatoms. The van der Waals surface area contributed by atoms with Crippen LogP contribution in [0, 0.1) is 19.7 Å². The van der Waals surface area contributed by atoms with Gasteiger partial charge < -0.3 is 4.74 Å². The van der Waals surface area contributed by atoms with E-state index in [0.717, 1.165) is 16.3 Å². The zero-order valence-corrected chi connectivity index (χ0v) is 16.2. The lowest BCUT2D eigenvalue weighted by Crippen LogP contribution is -2.42. The standard InChI is InChI=1S/C21H17FN2O3S/c1-12-7-15(3-5-16(12)22)19(25)9-24-18-8-14(17-11-28-13(2)23-17)4-6-20(18)27-10-21(24)26/h3-8,11H,9-10H2,1-2H3. The Morgan fingerprint density at radius 2 is 2.07 bits per heavy atom. The Labute approximate surface area is 165 Å². The van der Waals surface area contributed by atoms with Crippen LogP contribution in [0.2, 0.25) is 0 Å². The number of halogens is 1. The fourth-order valence-electron chi connectivity index (χ4n) is 3.08. The van der Waals surface area contributed by atoms with Crippen molar-refractivity contribution in [2.24, 2.45) is 0 Å². The van der Waals surface area contributed by atoms with Crippen LogP contribution in [0.1, 0.15) is 20.9 Å². The molecule has 0 N–H and O–H groups in total. The van der Waals surface area contributed by atoms with Gasteiger partial charge in [-0.3, -0.25) is 14.5 Å². The molecule has 5 nitrogen and oxygen atoms in total. The normalized spacial score (nSPS) is 13.2. The molecule has 0 bridgehead atoms. The molecule has 28 heavy (non-hydrogen) atoms. The van der Waals surface area contributed by atoms with Gasteiger partial charge in [-0.05, 0) is 55.8 Å². The van der Waals surface area contributed by atoms with Gasteiger partial charge in [0.2, 0.25) is 0 Å². The number of hydrogen-bond acceptors (Lipinski definition) is 5. The van der Waals surface area contributed by atoms with Gasteiger partial charge in [-0.15, -0.1) is 11.3 Å². The number of ketones is 1. The van der Waals surface area contributed by atoms with Crippen molar-refractivity contribution in [1.82, 2.24) is 4.98 Å². The van der Waals surface area contributed by atoms with Crippen molar-refractivity contribution in [2.45, 2.75) is 13.8 Å². The van der Waals surface area contributed by atoms with Crippen LogP contribution < -0.4 is 9.64 Å². The van der Waals surface area contributed by atoms with E-state index in [2.05, 4.69) is 4.98 Å². The van der Waals surface area contributed by atoms with E-state index in [1.54, 1.807) is 24.3 Å². The van der Waals surface area contributed by atoms with Crippen LogP contribution in [0.25, 0.3) is 11.3 Å². The molecule has 0 unspecified atom stereocenters. The molecule has 2 aromatic carbocycles. The minimum Gasteiger partial charge on any atom is -0.482 e. The third-order valence-corrected chi connectivity index (χ3v) is 5.37. The van der Waals surface area contributed by atoms with Crippen molar-refractivity contribution in [3.05, 3.63) is 63.7 Å².